The van der Waals surface area contributed by atoms with E-state index >= 15 is 0 Å². The highest BCUT2D eigenvalue weighted by molar-refractivity contribution is 5.97. The van der Waals surface area contributed by atoms with E-state index in [1.165, 1.54) is 13.0 Å². The summed E-state index contributed by atoms with van der Waals surface area (Å²) in [4.78, 5) is 25.7. The molecule has 0 spiro atoms. The first-order valence-electron chi connectivity index (χ1n) is 13.2. The van der Waals surface area contributed by atoms with Crippen LogP contribution in [0.3, 0.4) is 0 Å². The molecule has 10 atom stereocenters. The number of hydrogen-bond acceptors (Lipinski definition) is 8. The maximum absolute atomic E-state index is 13.2. The van der Waals surface area contributed by atoms with Gasteiger partial charge in [0.05, 0.1) is 17.1 Å². The summed E-state index contributed by atoms with van der Waals surface area (Å²) in [5.41, 5.74) is -8.00. The van der Waals surface area contributed by atoms with Crippen LogP contribution in [0.15, 0.2) is 23.3 Å². The summed E-state index contributed by atoms with van der Waals surface area (Å²) in [5.74, 6) is -1.77. The predicted molar refractivity (Wildman–Crippen MR) is 129 cm³/mol. The molecule has 36 heavy (non-hydrogen) atoms. The lowest BCUT2D eigenvalue weighted by molar-refractivity contribution is -0.301. The second-order valence-corrected chi connectivity index (χ2v) is 12.9. The number of hydrogen-bond donors (Lipinski definition) is 5. The molecule has 0 aromatic carbocycles. The molecule has 5 aliphatic rings. The number of carbonyl (C=O) groups excluding carboxylic acids is 2. The highest BCUT2D eigenvalue weighted by atomic mass is 16.6. The molecule has 4 aliphatic carbocycles. The van der Waals surface area contributed by atoms with Gasteiger partial charge in [-0.15, -0.1) is 0 Å². The Morgan fingerprint density at radius 2 is 1.69 bits per heavy atom. The van der Waals surface area contributed by atoms with Gasteiger partial charge in [0.1, 0.15) is 22.9 Å². The summed E-state index contributed by atoms with van der Waals surface area (Å²) in [5, 5.41) is 59.3. The van der Waals surface area contributed by atoms with E-state index in [4.69, 9.17) is 4.74 Å². The minimum Gasteiger partial charge on any atom is -0.455 e. The third kappa shape index (κ3) is 2.72. The molecule has 2 unspecified atom stereocenters. The number of cyclic esters (lactones) is 1. The Labute approximate surface area is 212 Å². The largest absolute Gasteiger partial charge is 0.455 e. The van der Waals surface area contributed by atoms with E-state index in [1.54, 1.807) is 26.8 Å². The van der Waals surface area contributed by atoms with Crippen LogP contribution in [0.5, 0.6) is 0 Å². The Kier molecular flexibility index (Phi) is 5.43. The Bertz CT molecular complexity index is 1080. The van der Waals surface area contributed by atoms with E-state index in [0.717, 1.165) is 5.57 Å². The summed E-state index contributed by atoms with van der Waals surface area (Å²) in [6, 6.07) is 0. The molecule has 8 nitrogen and oxygen atoms in total. The van der Waals surface area contributed by atoms with E-state index in [0.29, 0.717) is 18.4 Å². The summed E-state index contributed by atoms with van der Waals surface area (Å²) in [6.07, 6.45) is 2.31. The van der Waals surface area contributed by atoms with Gasteiger partial charge in [0.15, 0.2) is 5.78 Å². The highest BCUT2D eigenvalue weighted by Gasteiger charge is 2.78. The summed E-state index contributed by atoms with van der Waals surface area (Å²) in [7, 11) is 0. The van der Waals surface area contributed by atoms with Crippen molar-refractivity contribution in [3.8, 4) is 0 Å². The number of carbonyl (C=O) groups is 2. The minimum absolute atomic E-state index is 0.0664. The molecule has 0 aromatic rings. The van der Waals surface area contributed by atoms with Gasteiger partial charge in [0, 0.05) is 17.4 Å². The van der Waals surface area contributed by atoms with Crippen LogP contribution in [0.25, 0.3) is 0 Å². The third-order valence-corrected chi connectivity index (χ3v) is 11.8. The molecule has 0 bridgehead atoms. The van der Waals surface area contributed by atoms with Crippen LogP contribution in [0, 0.1) is 22.7 Å². The van der Waals surface area contributed by atoms with E-state index in [2.05, 4.69) is 0 Å². The van der Waals surface area contributed by atoms with Crippen molar-refractivity contribution >= 4 is 11.8 Å². The summed E-state index contributed by atoms with van der Waals surface area (Å²) >= 11 is 0. The van der Waals surface area contributed by atoms with Gasteiger partial charge in [-0.25, -0.2) is 4.79 Å². The maximum atomic E-state index is 13.2. The SMILES string of the molecule is CC1=C(C)C(=O)OC([C@](C)(O)[C@]2(O)CC[C@@]3(O)[C@@H]4CC(O)[C@@]5(O)CC=CC(=O)[C@]5(C)[C@H]4CC[C@]23C)C1. The van der Waals surface area contributed by atoms with E-state index < -0.39 is 63.2 Å². The molecular weight excluding hydrogens is 464 g/mol. The van der Waals surface area contributed by atoms with E-state index in [1.807, 2.05) is 6.92 Å². The van der Waals surface area contributed by atoms with Crippen molar-refractivity contribution in [2.24, 2.45) is 22.7 Å². The lowest BCUT2D eigenvalue weighted by Gasteiger charge is -2.66. The molecule has 200 valence electrons. The predicted octanol–water partition coefficient (Wildman–Crippen LogP) is 1.71. The summed E-state index contributed by atoms with van der Waals surface area (Å²) in [6.45, 7) is 8.42. The average molecular weight is 505 g/mol. The second-order valence-electron chi connectivity index (χ2n) is 12.9. The van der Waals surface area contributed by atoms with Crippen LogP contribution < -0.4 is 0 Å². The Morgan fingerprint density at radius 3 is 2.33 bits per heavy atom. The van der Waals surface area contributed by atoms with Crippen molar-refractivity contribution < 1.29 is 39.9 Å². The smallest absolute Gasteiger partial charge is 0.334 e. The number of esters is 1. The number of rotatable bonds is 2. The standard InChI is InChI=1S/C28H40O8/c1-15-13-21(36-22(31)16(15)2)25(5,32)28(35)12-11-26(33)18-14-20(30)27(34)9-6-7-19(29)24(27,4)17(18)8-10-23(26,28)3/h6-7,17-18,20-21,30,32-35H,8-14H2,1-5H3/t17-,18+,20?,21?,23-,24-,25-,26+,27-,28-/m0/s1. The van der Waals surface area contributed by atoms with Crippen LogP contribution in [-0.4, -0.2) is 71.9 Å². The topological polar surface area (TPSA) is 145 Å². The van der Waals surface area contributed by atoms with Crippen molar-refractivity contribution in [3.63, 3.8) is 0 Å². The molecule has 1 aliphatic heterocycles. The molecule has 3 saturated carbocycles. The number of fused-ring (bicyclic) bond motifs is 5. The molecule has 5 rings (SSSR count). The number of allylic oxidation sites excluding steroid dienone is 1. The number of ketones is 1. The van der Waals surface area contributed by atoms with Gasteiger partial charge in [0.25, 0.3) is 0 Å². The van der Waals surface area contributed by atoms with E-state index in [9.17, 15) is 35.1 Å². The molecule has 5 N–H and O–H groups in total. The van der Waals surface area contributed by atoms with Gasteiger partial charge in [-0.3, -0.25) is 4.79 Å². The van der Waals surface area contributed by atoms with Gasteiger partial charge in [-0.1, -0.05) is 18.6 Å². The monoisotopic (exact) mass is 504 g/mol. The van der Waals surface area contributed by atoms with Gasteiger partial charge >= 0.3 is 5.97 Å². The van der Waals surface area contributed by atoms with Crippen LogP contribution in [0.1, 0.15) is 79.6 Å². The molecule has 1 heterocycles. The first-order valence-corrected chi connectivity index (χ1v) is 13.2. The lowest BCUT2D eigenvalue weighted by atomic mass is 9.41. The first-order chi connectivity index (χ1) is 16.5. The maximum Gasteiger partial charge on any atom is 0.334 e. The molecule has 0 saturated heterocycles. The van der Waals surface area contributed by atoms with Gasteiger partial charge in [-0.05, 0) is 84.1 Å². The Hall–Kier alpha value is -1.58. The quantitative estimate of drug-likeness (QED) is 0.358. The zero-order valence-electron chi connectivity index (χ0n) is 21.9. The summed E-state index contributed by atoms with van der Waals surface area (Å²) < 4.78 is 5.59. The van der Waals surface area contributed by atoms with Crippen molar-refractivity contribution in [1.29, 1.82) is 0 Å². The molecule has 0 amide bonds. The molecule has 0 radical (unpaired) electrons. The van der Waals surface area contributed by atoms with Gasteiger partial charge in [-0.2, -0.15) is 0 Å². The fourth-order valence-electron chi connectivity index (χ4n) is 8.95. The molecular formula is C28H40O8. The number of aliphatic hydroxyl groups is 5. The van der Waals surface area contributed by atoms with Crippen LogP contribution in [0.2, 0.25) is 0 Å². The van der Waals surface area contributed by atoms with Crippen molar-refractivity contribution in [1.82, 2.24) is 0 Å². The van der Waals surface area contributed by atoms with Crippen LogP contribution >= 0.6 is 0 Å². The fraction of sp³-hybridized carbons (Fsp3) is 0.786. The number of ether oxygens (including phenoxy) is 1. The van der Waals surface area contributed by atoms with E-state index in [-0.39, 0.29) is 37.9 Å². The minimum atomic E-state index is -1.86. The lowest BCUT2D eigenvalue weighted by Crippen LogP contribution is -2.75. The van der Waals surface area contributed by atoms with Crippen LogP contribution in [0.4, 0.5) is 0 Å². The second kappa shape index (κ2) is 7.50. The first kappa shape index (κ1) is 26.0. The van der Waals surface area contributed by atoms with Crippen molar-refractivity contribution in [3.05, 3.63) is 23.3 Å². The third-order valence-electron chi connectivity index (χ3n) is 11.8. The molecule has 3 fully saturated rings. The average Bonchev–Trinajstić information content (AvgIpc) is 3.03. The molecule has 0 aromatic heterocycles. The zero-order valence-corrected chi connectivity index (χ0v) is 21.9. The van der Waals surface area contributed by atoms with Gasteiger partial charge < -0.3 is 30.3 Å². The zero-order chi connectivity index (χ0) is 26.7. The van der Waals surface area contributed by atoms with Crippen molar-refractivity contribution in [2.45, 2.75) is 114 Å². The Morgan fingerprint density at radius 1 is 1.03 bits per heavy atom. The number of aliphatic hydroxyl groups excluding tert-OH is 1. The molecule has 8 heteroatoms. The normalized spacial score (nSPS) is 52.3. The van der Waals surface area contributed by atoms with Crippen molar-refractivity contribution in [2.75, 3.05) is 0 Å². The fourth-order valence-corrected chi connectivity index (χ4v) is 8.95. The Balaban J connectivity index is 1.55. The van der Waals surface area contributed by atoms with Gasteiger partial charge in [0.2, 0.25) is 0 Å². The highest BCUT2D eigenvalue weighted by Crippen LogP contribution is 2.71. The van der Waals surface area contributed by atoms with Crippen LogP contribution in [-0.2, 0) is 14.3 Å².